The number of nitrogens with zero attached hydrogens (tertiary/aromatic N) is 2. The van der Waals surface area contributed by atoms with Gasteiger partial charge in [-0.25, -0.2) is 0 Å². The number of nitro benzene ring substituents is 1. The first-order valence-electron chi connectivity index (χ1n) is 10.0. The van der Waals surface area contributed by atoms with Crippen LogP contribution in [0.3, 0.4) is 0 Å². The number of hydrogen-bond donors (Lipinski definition) is 1. The number of rotatable bonds is 3. The third kappa shape index (κ3) is 2.92. The van der Waals surface area contributed by atoms with Gasteiger partial charge >= 0.3 is 5.69 Å². The summed E-state index contributed by atoms with van der Waals surface area (Å²) in [5, 5.41) is 21.8. The standard InChI is InChI=1S/C24H22N2O4/c1-30-18-7-8-19-16(11-18)9-10-25-21(19)12-17-13-23(27)22(26(28)29)14-20(17)24(25)15-5-3-2-4-6-15/h2-8,11,13-14,21,24,27H,9-10,12H2,1H3/t21-,24?/m0/s1. The SMILES string of the molecule is COc1ccc2c(c1)CCN1C(c3ccccc3)c3cc([N+](=O)[O-])c(O)cc3C[C@@H]21. The van der Waals surface area contributed by atoms with E-state index in [1.165, 1.54) is 11.1 Å². The van der Waals surface area contributed by atoms with Crippen molar-refractivity contribution in [3.05, 3.63) is 98.6 Å². The molecule has 6 nitrogen and oxygen atoms in total. The number of hydrogen-bond acceptors (Lipinski definition) is 5. The van der Waals surface area contributed by atoms with Crippen molar-refractivity contribution in [1.29, 1.82) is 0 Å². The van der Waals surface area contributed by atoms with Crippen LogP contribution in [0.1, 0.15) is 39.9 Å². The van der Waals surface area contributed by atoms with Crippen molar-refractivity contribution in [3.8, 4) is 11.5 Å². The zero-order valence-electron chi connectivity index (χ0n) is 16.6. The number of fused-ring (bicyclic) bond motifs is 4. The largest absolute Gasteiger partial charge is 0.502 e. The molecule has 6 heteroatoms. The molecule has 1 N–H and O–H groups in total. The van der Waals surface area contributed by atoms with Crippen molar-refractivity contribution in [1.82, 2.24) is 4.90 Å². The first kappa shape index (κ1) is 18.6. The third-order valence-corrected chi connectivity index (χ3v) is 6.34. The van der Waals surface area contributed by atoms with Gasteiger partial charge in [0, 0.05) is 18.7 Å². The summed E-state index contributed by atoms with van der Waals surface area (Å²) in [6.07, 6.45) is 1.59. The summed E-state index contributed by atoms with van der Waals surface area (Å²) in [6.45, 7) is 0.846. The van der Waals surface area contributed by atoms with Crippen molar-refractivity contribution in [2.75, 3.05) is 13.7 Å². The van der Waals surface area contributed by atoms with Gasteiger partial charge in [0.05, 0.1) is 18.1 Å². The molecule has 0 spiro atoms. The van der Waals surface area contributed by atoms with Crippen LogP contribution in [0, 0.1) is 10.1 Å². The molecule has 0 radical (unpaired) electrons. The Labute approximate surface area is 174 Å². The highest BCUT2D eigenvalue weighted by Crippen LogP contribution is 2.48. The Bertz CT molecular complexity index is 1130. The van der Waals surface area contributed by atoms with Crippen LogP contribution < -0.4 is 4.74 Å². The molecule has 0 bridgehead atoms. The minimum atomic E-state index is -0.512. The van der Waals surface area contributed by atoms with Crippen LogP contribution in [0.25, 0.3) is 0 Å². The molecule has 3 aromatic rings. The highest BCUT2D eigenvalue weighted by atomic mass is 16.6. The highest BCUT2D eigenvalue weighted by Gasteiger charge is 2.40. The third-order valence-electron chi connectivity index (χ3n) is 6.34. The van der Waals surface area contributed by atoms with Gasteiger partial charge in [-0.3, -0.25) is 15.0 Å². The monoisotopic (exact) mass is 402 g/mol. The van der Waals surface area contributed by atoms with Crippen molar-refractivity contribution >= 4 is 5.69 Å². The van der Waals surface area contributed by atoms with Crippen LogP contribution in [0.5, 0.6) is 11.5 Å². The fourth-order valence-corrected chi connectivity index (χ4v) is 4.98. The van der Waals surface area contributed by atoms with Crippen LogP contribution in [0.4, 0.5) is 5.69 Å². The van der Waals surface area contributed by atoms with Crippen LogP contribution in [-0.4, -0.2) is 28.6 Å². The fraction of sp³-hybridized carbons (Fsp3) is 0.250. The van der Waals surface area contributed by atoms with Crippen molar-refractivity contribution in [2.24, 2.45) is 0 Å². The maximum atomic E-state index is 11.5. The lowest BCUT2D eigenvalue weighted by Gasteiger charge is -2.47. The van der Waals surface area contributed by atoms with E-state index in [0.717, 1.165) is 35.4 Å². The normalized spacial score (nSPS) is 20.0. The maximum absolute atomic E-state index is 11.5. The first-order chi connectivity index (χ1) is 14.6. The first-order valence-corrected chi connectivity index (χ1v) is 10.0. The Morgan fingerprint density at radius 3 is 2.60 bits per heavy atom. The molecule has 0 aromatic heterocycles. The second-order valence-electron chi connectivity index (χ2n) is 7.88. The van der Waals surface area contributed by atoms with Crippen LogP contribution in [0.15, 0.2) is 60.7 Å². The summed E-state index contributed by atoms with van der Waals surface area (Å²) in [7, 11) is 1.68. The molecule has 5 rings (SSSR count). The summed E-state index contributed by atoms with van der Waals surface area (Å²) in [4.78, 5) is 13.4. The van der Waals surface area contributed by atoms with E-state index in [1.807, 2.05) is 24.3 Å². The zero-order valence-corrected chi connectivity index (χ0v) is 16.6. The average Bonchev–Trinajstić information content (AvgIpc) is 2.77. The predicted molar refractivity (Wildman–Crippen MR) is 113 cm³/mol. The smallest absolute Gasteiger partial charge is 0.311 e. The van der Waals surface area contributed by atoms with Crippen molar-refractivity contribution in [2.45, 2.75) is 24.9 Å². The predicted octanol–water partition coefficient (Wildman–Crippen LogP) is 4.55. The quantitative estimate of drug-likeness (QED) is 0.514. The van der Waals surface area contributed by atoms with Crippen molar-refractivity contribution < 1.29 is 14.8 Å². The lowest BCUT2D eigenvalue weighted by Crippen LogP contribution is -2.43. The van der Waals surface area contributed by atoms with E-state index in [1.54, 1.807) is 19.2 Å². The lowest BCUT2D eigenvalue weighted by atomic mass is 9.78. The second kappa shape index (κ2) is 7.15. The lowest BCUT2D eigenvalue weighted by molar-refractivity contribution is -0.386. The maximum Gasteiger partial charge on any atom is 0.311 e. The van der Waals surface area contributed by atoms with Gasteiger partial charge in [0.2, 0.25) is 0 Å². The van der Waals surface area contributed by atoms with E-state index in [2.05, 4.69) is 29.2 Å². The van der Waals surface area contributed by atoms with E-state index in [9.17, 15) is 15.2 Å². The van der Waals surface area contributed by atoms with E-state index in [0.29, 0.717) is 6.42 Å². The van der Waals surface area contributed by atoms with Gasteiger partial charge in [-0.05, 0) is 58.9 Å². The van der Waals surface area contributed by atoms with Gasteiger partial charge in [-0.1, -0.05) is 36.4 Å². The molecular weight excluding hydrogens is 380 g/mol. The summed E-state index contributed by atoms with van der Waals surface area (Å²) in [5.74, 6) is 0.580. The molecule has 2 atom stereocenters. The number of phenols is 1. The van der Waals surface area contributed by atoms with E-state index >= 15 is 0 Å². The van der Waals surface area contributed by atoms with Crippen molar-refractivity contribution in [3.63, 3.8) is 0 Å². The Balaban J connectivity index is 1.69. The Morgan fingerprint density at radius 2 is 1.87 bits per heavy atom. The Kier molecular flexibility index (Phi) is 4.44. The molecular formula is C24H22N2O4. The Morgan fingerprint density at radius 1 is 1.07 bits per heavy atom. The molecule has 2 aliphatic rings. The molecule has 0 saturated carbocycles. The molecule has 30 heavy (non-hydrogen) atoms. The summed E-state index contributed by atoms with van der Waals surface area (Å²) in [6, 6.07) is 19.5. The average molecular weight is 402 g/mol. The summed E-state index contributed by atoms with van der Waals surface area (Å²) in [5.41, 5.74) is 5.25. The minimum absolute atomic E-state index is 0.102. The van der Waals surface area contributed by atoms with Crippen LogP contribution >= 0.6 is 0 Å². The van der Waals surface area contributed by atoms with E-state index in [4.69, 9.17) is 4.74 Å². The number of methoxy groups -OCH3 is 1. The summed E-state index contributed by atoms with van der Waals surface area (Å²) < 4.78 is 5.40. The van der Waals surface area contributed by atoms with Gasteiger partial charge in [0.1, 0.15) is 5.75 Å². The molecule has 3 aromatic carbocycles. The van der Waals surface area contributed by atoms with Gasteiger partial charge in [0.25, 0.3) is 0 Å². The molecule has 2 heterocycles. The van der Waals surface area contributed by atoms with E-state index in [-0.39, 0.29) is 23.5 Å². The van der Waals surface area contributed by atoms with Crippen LogP contribution in [0.2, 0.25) is 0 Å². The van der Waals surface area contributed by atoms with Gasteiger partial charge in [-0.2, -0.15) is 0 Å². The fourth-order valence-electron chi connectivity index (χ4n) is 4.98. The van der Waals surface area contributed by atoms with Gasteiger partial charge in [-0.15, -0.1) is 0 Å². The van der Waals surface area contributed by atoms with Gasteiger partial charge < -0.3 is 9.84 Å². The molecule has 0 saturated heterocycles. The highest BCUT2D eigenvalue weighted by molar-refractivity contribution is 5.56. The number of nitro groups is 1. The molecule has 0 fully saturated rings. The molecule has 2 aliphatic heterocycles. The summed E-state index contributed by atoms with van der Waals surface area (Å²) >= 11 is 0. The molecule has 152 valence electrons. The number of benzene rings is 3. The number of aromatic hydroxyl groups is 1. The van der Waals surface area contributed by atoms with Gasteiger partial charge in [0.15, 0.2) is 5.75 Å². The molecule has 0 amide bonds. The zero-order chi connectivity index (χ0) is 20.8. The molecule has 0 aliphatic carbocycles. The van der Waals surface area contributed by atoms with E-state index < -0.39 is 4.92 Å². The number of ether oxygens (including phenoxy) is 1. The molecule has 1 unspecified atom stereocenters. The topological polar surface area (TPSA) is 75.8 Å². The Hall–Kier alpha value is -3.38. The van der Waals surface area contributed by atoms with Crippen LogP contribution in [-0.2, 0) is 12.8 Å². The second-order valence-corrected chi connectivity index (χ2v) is 7.88. The minimum Gasteiger partial charge on any atom is -0.502 e. The number of phenolic OH excluding ortho intramolecular Hbond substituents is 1.